The van der Waals surface area contributed by atoms with Gasteiger partial charge in [0.25, 0.3) is 0 Å². The van der Waals surface area contributed by atoms with E-state index in [4.69, 9.17) is 16.0 Å². The van der Waals surface area contributed by atoms with Gasteiger partial charge < -0.3 is 9.32 Å². The molecule has 1 saturated heterocycles. The first-order chi connectivity index (χ1) is 8.34. The average molecular weight is 249 g/mol. The van der Waals surface area contributed by atoms with Gasteiger partial charge in [-0.25, -0.2) is 4.98 Å². The van der Waals surface area contributed by atoms with Gasteiger partial charge in [-0.05, 0) is 31.0 Å². The highest BCUT2D eigenvalue weighted by atomic mass is 35.5. The van der Waals surface area contributed by atoms with E-state index in [1.807, 2.05) is 6.07 Å². The van der Waals surface area contributed by atoms with E-state index < -0.39 is 0 Å². The first-order valence-corrected chi connectivity index (χ1v) is 6.16. The summed E-state index contributed by atoms with van der Waals surface area (Å²) in [5, 5.41) is 0.699. The average Bonchev–Trinajstić information content (AvgIpc) is 3.03. The third-order valence-corrected chi connectivity index (χ3v) is 3.45. The molecule has 4 heteroatoms. The summed E-state index contributed by atoms with van der Waals surface area (Å²) in [6.45, 7) is 2.24. The van der Waals surface area contributed by atoms with Crippen LogP contribution in [0, 0.1) is 0 Å². The van der Waals surface area contributed by atoms with Gasteiger partial charge in [0.1, 0.15) is 0 Å². The Hall–Kier alpha value is -1.48. The zero-order valence-electron chi connectivity index (χ0n) is 9.40. The summed E-state index contributed by atoms with van der Waals surface area (Å²) in [4.78, 5) is 6.30. The Bertz CT molecular complexity index is 504. The lowest BCUT2D eigenvalue weighted by atomic mass is 10.1. The van der Waals surface area contributed by atoms with Gasteiger partial charge in [0, 0.05) is 24.3 Å². The van der Waals surface area contributed by atoms with Crippen molar-refractivity contribution in [1.82, 2.24) is 4.98 Å². The van der Waals surface area contributed by atoms with E-state index in [1.165, 1.54) is 24.9 Å². The van der Waals surface area contributed by atoms with E-state index in [2.05, 4.69) is 22.0 Å². The highest BCUT2D eigenvalue weighted by molar-refractivity contribution is 6.33. The van der Waals surface area contributed by atoms with Crippen LogP contribution in [0.5, 0.6) is 0 Å². The second kappa shape index (κ2) is 4.41. The lowest BCUT2D eigenvalue weighted by Crippen LogP contribution is -2.17. The molecule has 0 radical (unpaired) electrons. The minimum atomic E-state index is 0.699. The topological polar surface area (TPSA) is 29.3 Å². The van der Waals surface area contributed by atoms with Crippen LogP contribution in [0.15, 0.2) is 35.2 Å². The van der Waals surface area contributed by atoms with Crippen LogP contribution in [0.3, 0.4) is 0 Å². The number of nitrogens with zero attached hydrogens (tertiary/aromatic N) is 2. The number of hydrogen-bond acceptors (Lipinski definition) is 3. The fourth-order valence-corrected chi connectivity index (χ4v) is 2.43. The van der Waals surface area contributed by atoms with Crippen LogP contribution in [0.1, 0.15) is 12.8 Å². The van der Waals surface area contributed by atoms with Crippen molar-refractivity contribution in [2.24, 2.45) is 0 Å². The molecule has 3 rings (SSSR count). The maximum atomic E-state index is 6.19. The van der Waals surface area contributed by atoms with Crippen molar-refractivity contribution >= 4 is 17.3 Å². The van der Waals surface area contributed by atoms with Crippen molar-refractivity contribution in [1.29, 1.82) is 0 Å². The van der Waals surface area contributed by atoms with Crippen LogP contribution in [0.2, 0.25) is 5.02 Å². The van der Waals surface area contributed by atoms with Crippen molar-refractivity contribution in [2.45, 2.75) is 12.8 Å². The summed E-state index contributed by atoms with van der Waals surface area (Å²) in [7, 11) is 0. The Kier molecular flexibility index (Phi) is 2.77. The van der Waals surface area contributed by atoms with E-state index >= 15 is 0 Å². The molecule has 3 nitrogen and oxygen atoms in total. The van der Waals surface area contributed by atoms with Crippen LogP contribution < -0.4 is 4.90 Å². The van der Waals surface area contributed by atoms with Gasteiger partial charge in [0.05, 0.1) is 11.2 Å². The monoisotopic (exact) mass is 248 g/mol. The summed E-state index contributed by atoms with van der Waals surface area (Å²) >= 11 is 6.19. The Balaban J connectivity index is 2.00. The molecule has 1 fully saturated rings. The standard InChI is InChI=1S/C13H13ClN2O/c14-12-4-3-10(16-5-1-2-6-16)7-11(12)13-8-15-9-17-13/h3-4,7-9H,1-2,5-6H2. The molecule has 2 heterocycles. The summed E-state index contributed by atoms with van der Waals surface area (Å²) in [6, 6.07) is 6.06. The van der Waals surface area contributed by atoms with Crippen LogP contribution in [0.25, 0.3) is 11.3 Å². The highest BCUT2D eigenvalue weighted by Gasteiger charge is 2.15. The SMILES string of the molecule is Clc1ccc(N2CCCC2)cc1-c1cnco1. The molecule has 0 aliphatic carbocycles. The van der Waals surface area contributed by atoms with E-state index in [0.717, 1.165) is 24.4 Å². The second-order valence-electron chi connectivity index (χ2n) is 4.22. The third kappa shape index (κ3) is 2.03. The number of halogens is 1. The summed E-state index contributed by atoms with van der Waals surface area (Å²) in [5.74, 6) is 0.719. The van der Waals surface area contributed by atoms with Gasteiger partial charge in [-0.2, -0.15) is 0 Å². The quantitative estimate of drug-likeness (QED) is 0.813. The van der Waals surface area contributed by atoms with Gasteiger partial charge in [0.2, 0.25) is 0 Å². The minimum absolute atomic E-state index is 0.699. The number of aromatic nitrogens is 1. The van der Waals surface area contributed by atoms with Crippen molar-refractivity contribution < 1.29 is 4.42 Å². The molecule has 1 aliphatic heterocycles. The number of rotatable bonds is 2. The molecule has 2 aromatic rings. The number of anilines is 1. The van der Waals surface area contributed by atoms with Crippen LogP contribution in [-0.2, 0) is 0 Å². The Morgan fingerprint density at radius 1 is 1.24 bits per heavy atom. The molecule has 0 atom stereocenters. The number of oxazole rings is 1. The zero-order chi connectivity index (χ0) is 11.7. The van der Waals surface area contributed by atoms with E-state index in [-0.39, 0.29) is 0 Å². The maximum absolute atomic E-state index is 6.19. The van der Waals surface area contributed by atoms with Crippen LogP contribution in [-0.4, -0.2) is 18.1 Å². The molecular formula is C13H13ClN2O. The lowest BCUT2D eigenvalue weighted by Gasteiger charge is -2.18. The molecule has 0 N–H and O–H groups in total. The molecule has 0 saturated carbocycles. The normalized spacial score (nSPS) is 15.5. The predicted octanol–water partition coefficient (Wildman–Crippen LogP) is 3.60. The first kappa shape index (κ1) is 10.7. The van der Waals surface area contributed by atoms with Crippen LogP contribution >= 0.6 is 11.6 Å². The summed E-state index contributed by atoms with van der Waals surface area (Å²) in [6.07, 6.45) is 5.64. The summed E-state index contributed by atoms with van der Waals surface area (Å²) < 4.78 is 5.30. The highest BCUT2D eigenvalue weighted by Crippen LogP contribution is 2.32. The fourth-order valence-electron chi connectivity index (χ4n) is 2.22. The third-order valence-electron chi connectivity index (χ3n) is 3.12. The molecule has 0 unspecified atom stereocenters. The molecule has 0 bridgehead atoms. The Labute approximate surface area is 105 Å². The molecular weight excluding hydrogens is 236 g/mol. The molecule has 1 aromatic carbocycles. The van der Waals surface area contributed by atoms with Gasteiger partial charge in [0.15, 0.2) is 12.2 Å². The molecule has 1 aromatic heterocycles. The Morgan fingerprint density at radius 3 is 2.76 bits per heavy atom. The second-order valence-corrected chi connectivity index (χ2v) is 4.63. The molecule has 1 aliphatic rings. The number of benzene rings is 1. The van der Waals surface area contributed by atoms with Gasteiger partial charge in [-0.3, -0.25) is 0 Å². The lowest BCUT2D eigenvalue weighted by molar-refractivity contribution is 0.572. The summed E-state index contributed by atoms with van der Waals surface area (Å²) in [5.41, 5.74) is 2.12. The van der Waals surface area contributed by atoms with E-state index in [1.54, 1.807) is 6.20 Å². The maximum Gasteiger partial charge on any atom is 0.181 e. The van der Waals surface area contributed by atoms with Gasteiger partial charge in [-0.1, -0.05) is 11.6 Å². The molecule has 17 heavy (non-hydrogen) atoms. The first-order valence-electron chi connectivity index (χ1n) is 5.78. The largest absolute Gasteiger partial charge is 0.443 e. The van der Waals surface area contributed by atoms with E-state index in [0.29, 0.717) is 5.02 Å². The van der Waals surface area contributed by atoms with Crippen molar-refractivity contribution in [3.63, 3.8) is 0 Å². The minimum Gasteiger partial charge on any atom is -0.443 e. The fraction of sp³-hybridized carbons (Fsp3) is 0.308. The zero-order valence-corrected chi connectivity index (χ0v) is 10.2. The molecule has 88 valence electrons. The van der Waals surface area contributed by atoms with Gasteiger partial charge in [-0.15, -0.1) is 0 Å². The van der Waals surface area contributed by atoms with Crippen molar-refractivity contribution in [2.75, 3.05) is 18.0 Å². The Morgan fingerprint density at radius 2 is 2.06 bits per heavy atom. The van der Waals surface area contributed by atoms with Crippen molar-refractivity contribution in [3.05, 3.63) is 35.8 Å². The van der Waals surface area contributed by atoms with E-state index in [9.17, 15) is 0 Å². The molecule has 0 amide bonds. The van der Waals surface area contributed by atoms with Crippen LogP contribution in [0.4, 0.5) is 5.69 Å². The van der Waals surface area contributed by atoms with Gasteiger partial charge >= 0.3 is 0 Å². The predicted molar refractivity (Wildman–Crippen MR) is 68.4 cm³/mol. The van der Waals surface area contributed by atoms with Crippen molar-refractivity contribution in [3.8, 4) is 11.3 Å². The smallest absolute Gasteiger partial charge is 0.181 e. The number of hydrogen-bond donors (Lipinski definition) is 0. The molecule has 0 spiro atoms.